The lowest BCUT2D eigenvalue weighted by molar-refractivity contribution is 0.105. The highest BCUT2D eigenvalue weighted by atomic mass is 16.3. The molecule has 1 unspecified atom stereocenters. The summed E-state index contributed by atoms with van der Waals surface area (Å²) < 4.78 is 0. The molecule has 6 nitrogen and oxygen atoms in total. The fraction of sp³-hybridized carbons (Fsp3) is 0.429. The van der Waals surface area contributed by atoms with Crippen molar-refractivity contribution in [1.82, 2.24) is 9.97 Å². The molecule has 72 valence electrons. The second kappa shape index (κ2) is 4.58. The summed E-state index contributed by atoms with van der Waals surface area (Å²) in [6, 6.07) is 1.56. The van der Waals surface area contributed by atoms with E-state index in [2.05, 4.69) is 15.3 Å². The van der Waals surface area contributed by atoms with Gasteiger partial charge in [-0.05, 0) is 6.07 Å². The van der Waals surface area contributed by atoms with E-state index in [4.69, 9.17) is 10.2 Å². The van der Waals surface area contributed by atoms with Gasteiger partial charge in [0.25, 0.3) is 0 Å². The molecule has 1 atom stereocenters. The zero-order valence-corrected chi connectivity index (χ0v) is 6.90. The van der Waals surface area contributed by atoms with E-state index in [0.29, 0.717) is 5.82 Å². The molecule has 0 spiro atoms. The first kappa shape index (κ1) is 9.69. The fourth-order valence-corrected chi connectivity index (χ4v) is 0.756. The zero-order valence-electron chi connectivity index (χ0n) is 6.90. The quantitative estimate of drug-likeness (QED) is 0.459. The van der Waals surface area contributed by atoms with Crippen molar-refractivity contribution in [2.45, 2.75) is 6.10 Å². The summed E-state index contributed by atoms with van der Waals surface area (Å²) in [5.41, 5.74) is -0.455. The van der Waals surface area contributed by atoms with Crippen molar-refractivity contribution < 1.29 is 10.2 Å². The molecule has 1 aromatic rings. The number of aliphatic hydroxyl groups excluding tert-OH is 2. The molecule has 1 heterocycles. The number of H-pyrrole nitrogens is 1. The lowest BCUT2D eigenvalue weighted by Crippen LogP contribution is -2.24. The lowest BCUT2D eigenvalue weighted by Gasteiger charge is -2.08. The third-order valence-corrected chi connectivity index (χ3v) is 1.40. The summed E-state index contributed by atoms with van der Waals surface area (Å²) in [6.45, 7) is -0.164. The first-order valence-corrected chi connectivity index (χ1v) is 3.81. The van der Waals surface area contributed by atoms with E-state index in [9.17, 15) is 4.79 Å². The Hall–Kier alpha value is -1.40. The molecule has 0 amide bonds. The normalized spacial score (nSPS) is 12.5. The van der Waals surface area contributed by atoms with Crippen LogP contribution in [0.1, 0.15) is 0 Å². The van der Waals surface area contributed by atoms with Crippen LogP contribution in [0.15, 0.2) is 17.1 Å². The molecule has 1 aromatic heterocycles. The molecule has 0 saturated heterocycles. The van der Waals surface area contributed by atoms with Gasteiger partial charge in [0.05, 0.1) is 12.7 Å². The third-order valence-electron chi connectivity index (χ3n) is 1.40. The van der Waals surface area contributed by atoms with Gasteiger partial charge >= 0.3 is 5.69 Å². The van der Waals surface area contributed by atoms with Crippen molar-refractivity contribution in [2.24, 2.45) is 0 Å². The molecule has 0 aliphatic heterocycles. The van der Waals surface area contributed by atoms with E-state index in [1.165, 1.54) is 6.20 Å². The molecule has 4 N–H and O–H groups in total. The lowest BCUT2D eigenvalue weighted by atomic mass is 10.4. The van der Waals surface area contributed by atoms with Gasteiger partial charge in [0.2, 0.25) is 0 Å². The number of nitrogens with zero attached hydrogens (tertiary/aromatic N) is 1. The topological polar surface area (TPSA) is 98.2 Å². The number of hydrogen-bond acceptors (Lipinski definition) is 5. The first-order chi connectivity index (χ1) is 6.22. The van der Waals surface area contributed by atoms with Gasteiger partial charge in [-0.25, -0.2) is 4.79 Å². The van der Waals surface area contributed by atoms with Crippen molar-refractivity contribution in [3.05, 3.63) is 22.7 Å². The highest BCUT2D eigenvalue weighted by Crippen LogP contribution is 1.95. The Bertz CT molecular complexity index is 312. The fourth-order valence-electron chi connectivity index (χ4n) is 0.756. The second-order valence-corrected chi connectivity index (χ2v) is 2.50. The summed E-state index contributed by atoms with van der Waals surface area (Å²) >= 11 is 0. The Morgan fingerprint density at radius 3 is 3.08 bits per heavy atom. The van der Waals surface area contributed by atoms with E-state index in [0.717, 1.165) is 0 Å². The third kappa shape index (κ3) is 3.22. The molecular weight excluding hydrogens is 174 g/mol. The largest absolute Gasteiger partial charge is 0.394 e. The first-order valence-electron chi connectivity index (χ1n) is 3.81. The minimum atomic E-state index is -0.846. The summed E-state index contributed by atoms with van der Waals surface area (Å²) in [4.78, 5) is 16.6. The molecule has 0 aliphatic rings. The average Bonchev–Trinajstić information content (AvgIpc) is 2.14. The van der Waals surface area contributed by atoms with Gasteiger partial charge < -0.3 is 20.5 Å². The van der Waals surface area contributed by atoms with Crippen LogP contribution in [0.5, 0.6) is 0 Å². The van der Waals surface area contributed by atoms with Gasteiger partial charge in [-0.15, -0.1) is 0 Å². The second-order valence-electron chi connectivity index (χ2n) is 2.50. The highest BCUT2D eigenvalue weighted by Gasteiger charge is 2.01. The van der Waals surface area contributed by atoms with Crippen molar-refractivity contribution in [3.8, 4) is 0 Å². The molecule has 0 saturated carbocycles. The molecular formula is C7H11N3O3. The van der Waals surface area contributed by atoms with Crippen molar-refractivity contribution in [1.29, 1.82) is 0 Å². The van der Waals surface area contributed by atoms with E-state index in [-0.39, 0.29) is 13.2 Å². The standard InChI is InChI=1S/C7H11N3O3/c11-4-5(12)3-9-6-1-2-8-7(13)10-6/h1-2,5,11-12H,3-4H2,(H2,8,9,10,13). The Kier molecular flexibility index (Phi) is 3.41. The van der Waals surface area contributed by atoms with E-state index >= 15 is 0 Å². The maximum Gasteiger partial charge on any atom is 0.346 e. The molecule has 0 aromatic carbocycles. The predicted molar refractivity (Wildman–Crippen MR) is 46.4 cm³/mol. The number of aromatic amines is 1. The van der Waals surface area contributed by atoms with Crippen molar-refractivity contribution in [2.75, 3.05) is 18.5 Å². The van der Waals surface area contributed by atoms with Crippen LogP contribution < -0.4 is 11.0 Å². The minimum absolute atomic E-state index is 0.160. The average molecular weight is 185 g/mol. The van der Waals surface area contributed by atoms with Crippen LogP contribution in [-0.2, 0) is 0 Å². The Morgan fingerprint density at radius 2 is 2.46 bits per heavy atom. The monoisotopic (exact) mass is 185 g/mol. The molecule has 0 aliphatic carbocycles. The van der Waals surface area contributed by atoms with Crippen LogP contribution in [0.4, 0.5) is 5.82 Å². The zero-order chi connectivity index (χ0) is 9.68. The Balaban J connectivity index is 2.50. The molecule has 6 heteroatoms. The molecule has 0 fully saturated rings. The van der Waals surface area contributed by atoms with Crippen molar-refractivity contribution in [3.63, 3.8) is 0 Å². The van der Waals surface area contributed by atoms with Gasteiger partial charge in [-0.2, -0.15) is 4.98 Å². The summed E-state index contributed by atoms with van der Waals surface area (Å²) in [7, 11) is 0. The SMILES string of the molecule is O=c1nc(NCC(O)CO)cc[nH]1. The van der Waals surface area contributed by atoms with Crippen LogP contribution >= 0.6 is 0 Å². The maximum absolute atomic E-state index is 10.7. The number of anilines is 1. The Morgan fingerprint density at radius 1 is 1.69 bits per heavy atom. The summed E-state index contributed by atoms with van der Waals surface area (Å²) in [5, 5.41) is 20.1. The van der Waals surface area contributed by atoms with Gasteiger partial charge in [0.1, 0.15) is 5.82 Å². The van der Waals surface area contributed by atoms with Crippen LogP contribution in [0.3, 0.4) is 0 Å². The van der Waals surface area contributed by atoms with Crippen molar-refractivity contribution >= 4 is 5.82 Å². The molecule has 13 heavy (non-hydrogen) atoms. The van der Waals surface area contributed by atoms with Crippen LogP contribution in [0.2, 0.25) is 0 Å². The molecule has 0 bridgehead atoms. The van der Waals surface area contributed by atoms with Crippen LogP contribution in [0, 0.1) is 0 Å². The molecule has 1 rings (SSSR count). The van der Waals surface area contributed by atoms with E-state index in [1.807, 2.05) is 0 Å². The smallest absolute Gasteiger partial charge is 0.346 e. The van der Waals surface area contributed by atoms with Gasteiger partial charge in [-0.3, -0.25) is 0 Å². The molecule has 0 radical (unpaired) electrons. The van der Waals surface area contributed by atoms with Gasteiger partial charge in [0.15, 0.2) is 0 Å². The highest BCUT2D eigenvalue weighted by molar-refractivity contribution is 5.31. The minimum Gasteiger partial charge on any atom is -0.394 e. The maximum atomic E-state index is 10.7. The predicted octanol–water partition coefficient (Wildman–Crippen LogP) is -1.47. The summed E-state index contributed by atoms with van der Waals surface area (Å²) in [6.07, 6.45) is 0.601. The van der Waals surface area contributed by atoms with E-state index in [1.54, 1.807) is 6.07 Å². The number of nitrogens with one attached hydrogen (secondary N) is 2. The van der Waals surface area contributed by atoms with Gasteiger partial charge in [0, 0.05) is 12.7 Å². The Labute approximate surface area is 74.3 Å². The number of aliphatic hydroxyl groups is 2. The number of hydrogen-bond donors (Lipinski definition) is 4. The van der Waals surface area contributed by atoms with Crippen LogP contribution in [0.25, 0.3) is 0 Å². The van der Waals surface area contributed by atoms with Crippen LogP contribution in [-0.4, -0.2) is 39.4 Å². The van der Waals surface area contributed by atoms with Gasteiger partial charge in [-0.1, -0.05) is 0 Å². The number of rotatable bonds is 4. The van der Waals surface area contributed by atoms with E-state index < -0.39 is 11.8 Å². The number of aromatic nitrogens is 2. The summed E-state index contributed by atoms with van der Waals surface area (Å²) in [5.74, 6) is 0.372.